The summed E-state index contributed by atoms with van der Waals surface area (Å²) in [5.74, 6) is 0. The summed E-state index contributed by atoms with van der Waals surface area (Å²) < 4.78 is 0. The number of fused-ring (bicyclic) bond motifs is 1. The van der Waals surface area contributed by atoms with Gasteiger partial charge in [-0.25, -0.2) is 0 Å². The molecule has 0 bridgehead atoms. The van der Waals surface area contributed by atoms with Gasteiger partial charge in [-0.15, -0.1) is 11.8 Å². The summed E-state index contributed by atoms with van der Waals surface area (Å²) in [5, 5.41) is 11.8. The molecule has 0 N–H and O–H groups in total. The molecule has 0 saturated heterocycles. The Morgan fingerprint density at radius 2 is 1.57 bits per heavy atom. The van der Waals surface area contributed by atoms with Gasteiger partial charge in [-0.2, -0.15) is 5.26 Å². The Balaban J connectivity index is 1.78. The number of thioether (sulfide) groups is 1. The Labute approximate surface area is 129 Å². The Bertz CT molecular complexity index is 774. The van der Waals surface area contributed by atoms with Crippen LogP contribution in [-0.2, 0) is 6.42 Å². The number of nitrogens with zero attached hydrogens (tertiary/aromatic N) is 1. The second kappa shape index (κ2) is 6.47. The SMILES string of the molecule is N#CC(Cc1ccc2ccccc2c1)Sc1ccccc1. The zero-order valence-corrected chi connectivity index (χ0v) is 12.4. The van der Waals surface area contributed by atoms with Gasteiger partial charge in [-0.3, -0.25) is 0 Å². The summed E-state index contributed by atoms with van der Waals surface area (Å²) in [6.07, 6.45) is 0.765. The molecular weight excluding hydrogens is 274 g/mol. The first-order valence-electron chi connectivity index (χ1n) is 6.94. The van der Waals surface area contributed by atoms with E-state index >= 15 is 0 Å². The lowest BCUT2D eigenvalue weighted by Gasteiger charge is -2.10. The summed E-state index contributed by atoms with van der Waals surface area (Å²) >= 11 is 1.63. The third-order valence-electron chi connectivity index (χ3n) is 3.40. The minimum atomic E-state index is -0.0615. The van der Waals surface area contributed by atoms with Gasteiger partial charge in [0, 0.05) is 4.90 Å². The second-order valence-corrected chi connectivity index (χ2v) is 6.21. The molecule has 1 unspecified atom stereocenters. The predicted molar refractivity (Wildman–Crippen MR) is 89.4 cm³/mol. The molecule has 3 aromatic carbocycles. The van der Waals surface area contributed by atoms with Gasteiger partial charge >= 0.3 is 0 Å². The Kier molecular flexibility index (Phi) is 4.23. The van der Waals surface area contributed by atoms with Crippen molar-refractivity contribution in [3.8, 4) is 6.07 Å². The Hall–Kier alpha value is -2.24. The van der Waals surface area contributed by atoms with Crippen molar-refractivity contribution in [2.45, 2.75) is 16.6 Å². The lowest BCUT2D eigenvalue weighted by Crippen LogP contribution is -2.03. The molecule has 0 saturated carbocycles. The number of hydrogen-bond donors (Lipinski definition) is 0. The molecule has 102 valence electrons. The summed E-state index contributed by atoms with van der Waals surface area (Å²) in [6, 6.07) is 27.3. The van der Waals surface area contributed by atoms with Gasteiger partial charge in [0.2, 0.25) is 0 Å². The fourth-order valence-corrected chi connectivity index (χ4v) is 3.33. The summed E-state index contributed by atoms with van der Waals surface area (Å²) in [7, 11) is 0. The zero-order chi connectivity index (χ0) is 14.5. The maximum Gasteiger partial charge on any atom is 0.100 e. The highest BCUT2D eigenvalue weighted by Gasteiger charge is 2.10. The molecule has 21 heavy (non-hydrogen) atoms. The number of hydrogen-bond acceptors (Lipinski definition) is 2. The van der Waals surface area contributed by atoms with E-state index < -0.39 is 0 Å². The molecule has 0 spiro atoms. The van der Waals surface area contributed by atoms with Gasteiger partial charge in [0.05, 0.1) is 6.07 Å². The van der Waals surface area contributed by atoms with E-state index in [0.29, 0.717) is 0 Å². The van der Waals surface area contributed by atoms with Gasteiger partial charge < -0.3 is 0 Å². The highest BCUT2D eigenvalue weighted by molar-refractivity contribution is 8.00. The van der Waals surface area contributed by atoms with Crippen LogP contribution in [0.3, 0.4) is 0 Å². The average Bonchev–Trinajstić information content (AvgIpc) is 2.55. The molecule has 0 radical (unpaired) electrons. The Morgan fingerprint density at radius 1 is 0.857 bits per heavy atom. The summed E-state index contributed by atoms with van der Waals surface area (Å²) in [5.41, 5.74) is 1.21. The minimum Gasteiger partial charge on any atom is -0.197 e. The molecule has 0 aliphatic carbocycles. The number of nitriles is 1. The van der Waals surface area contributed by atoms with Crippen LogP contribution in [0.4, 0.5) is 0 Å². The molecule has 0 aromatic heterocycles. The van der Waals surface area contributed by atoms with E-state index in [9.17, 15) is 5.26 Å². The van der Waals surface area contributed by atoms with E-state index in [-0.39, 0.29) is 5.25 Å². The molecule has 3 rings (SSSR count). The van der Waals surface area contributed by atoms with Gasteiger partial charge in [-0.1, -0.05) is 60.7 Å². The maximum absolute atomic E-state index is 9.39. The van der Waals surface area contributed by atoms with Crippen LogP contribution in [0.25, 0.3) is 10.8 Å². The van der Waals surface area contributed by atoms with Gasteiger partial charge in [-0.05, 0) is 34.9 Å². The van der Waals surface area contributed by atoms with Crippen molar-refractivity contribution in [3.63, 3.8) is 0 Å². The monoisotopic (exact) mass is 289 g/mol. The van der Waals surface area contributed by atoms with Crippen molar-refractivity contribution in [1.82, 2.24) is 0 Å². The van der Waals surface area contributed by atoms with Crippen LogP contribution in [0.5, 0.6) is 0 Å². The third kappa shape index (κ3) is 3.45. The van der Waals surface area contributed by atoms with Crippen LogP contribution in [0.1, 0.15) is 5.56 Å². The van der Waals surface area contributed by atoms with Crippen molar-refractivity contribution < 1.29 is 0 Å². The van der Waals surface area contributed by atoms with E-state index in [4.69, 9.17) is 0 Å². The smallest absolute Gasteiger partial charge is 0.100 e. The van der Waals surface area contributed by atoms with Crippen molar-refractivity contribution in [3.05, 3.63) is 78.4 Å². The molecule has 3 aromatic rings. The van der Waals surface area contributed by atoms with Crippen molar-refractivity contribution >= 4 is 22.5 Å². The van der Waals surface area contributed by atoms with Gasteiger partial charge in [0.15, 0.2) is 0 Å². The van der Waals surface area contributed by atoms with E-state index in [0.717, 1.165) is 11.3 Å². The van der Waals surface area contributed by atoms with Gasteiger partial charge in [0.25, 0.3) is 0 Å². The molecule has 0 heterocycles. The average molecular weight is 289 g/mol. The number of rotatable bonds is 4. The molecular formula is C19H15NS. The fourth-order valence-electron chi connectivity index (χ4n) is 2.36. The largest absolute Gasteiger partial charge is 0.197 e. The van der Waals surface area contributed by atoms with Crippen LogP contribution >= 0.6 is 11.8 Å². The molecule has 1 nitrogen and oxygen atoms in total. The summed E-state index contributed by atoms with van der Waals surface area (Å²) in [6.45, 7) is 0. The fraction of sp³-hybridized carbons (Fsp3) is 0.105. The lowest BCUT2D eigenvalue weighted by atomic mass is 10.0. The third-order valence-corrected chi connectivity index (χ3v) is 4.50. The zero-order valence-electron chi connectivity index (χ0n) is 11.6. The predicted octanol–water partition coefficient (Wildman–Crippen LogP) is 5.07. The molecule has 0 fully saturated rings. The topological polar surface area (TPSA) is 23.8 Å². The summed E-state index contributed by atoms with van der Waals surface area (Å²) in [4.78, 5) is 1.14. The van der Waals surface area contributed by atoms with Crippen LogP contribution in [-0.4, -0.2) is 5.25 Å². The first kappa shape index (κ1) is 13.7. The minimum absolute atomic E-state index is 0.0615. The van der Waals surface area contributed by atoms with Crippen molar-refractivity contribution in [2.75, 3.05) is 0 Å². The molecule has 0 aliphatic heterocycles. The molecule has 0 amide bonds. The van der Waals surface area contributed by atoms with E-state index in [1.54, 1.807) is 11.8 Å². The number of benzene rings is 3. The van der Waals surface area contributed by atoms with E-state index in [1.165, 1.54) is 16.3 Å². The van der Waals surface area contributed by atoms with Crippen LogP contribution in [0.15, 0.2) is 77.7 Å². The van der Waals surface area contributed by atoms with Crippen molar-refractivity contribution in [2.24, 2.45) is 0 Å². The standard InChI is InChI=1S/C19H15NS/c20-14-19(21-18-8-2-1-3-9-18)13-15-10-11-16-6-4-5-7-17(16)12-15/h1-12,19H,13H2. The van der Waals surface area contributed by atoms with E-state index in [2.05, 4.69) is 48.5 Å². The molecule has 0 aliphatic rings. The normalized spacial score (nSPS) is 12.0. The van der Waals surface area contributed by atoms with Crippen LogP contribution < -0.4 is 0 Å². The first-order valence-corrected chi connectivity index (χ1v) is 7.82. The van der Waals surface area contributed by atoms with E-state index in [1.807, 2.05) is 30.3 Å². The van der Waals surface area contributed by atoms with Crippen LogP contribution in [0.2, 0.25) is 0 Å². The quantitative estimate of drug-likeness (QED) is 0.626. The second-order valence-electron chi connectivity index (χ2n) is 4.93. The molecule has 1 atom stereocenters. The van der Waals surface area contributed by atoms with Gasteiger partial charge in [0.1, 0.15) is 5.25 Å². The first-order chi connectivity index (χ1) is 10.3. The highest BCUT2D eigenvalue weighted by atomic mass is 32.2. The Morgan fingerprint density at radius 3 is 2.33 bits per heavy atom. The van der Waals surface area contributed by atoms with Crippen molar-refractivity contribution in [1.29, 1.82) is 5.26 Å². The maximum atomic E-state index is 9.39. The molecule has 2 heteroatoms. The van der Waals surface area contributed by atoms with Crippen LogP contribution in [0, 0.1) is 11.3 Å². The highest BCUT2D eigenvalue weighted by Crippen LogP contribution is 2.26. The lowest BCUT2D eigenvalue weighted by molar-refractivity contribution is 1.03.